The van der Waals surface area contributed by atoms with Gasteiger partial charge < -0.3 is 14.2 Å². The highest BCUT2D eigenvalue weighted by atomic mass is 16.6. The highest BCUT2D eigenvalue weighted by molar-refractivity contribution is 5.85. The average Bonchev–Trinajstić information content (AvgIpc) is 2.80. The summed E-state index contributed by atoms with van der Waals surface area (Å²) < 4.78 is 16.7. The zero-order valence-corrected chi connectivity index (χ0v) is 19.0. The maximum atomic E-state index is 5.94. The number of amidine groups is 1. The minimum absolute atomic E-state index is 0.171. The summed E-state index contributed by atoms with van der Waals surface area (Å²) in [7, 11) is 1.63. The fraction of sp³-hybridized carbons (Fsp3) is 0.269. The second-order valence-corrected chi connectivity index (χ2v) is 7.40. The Balaban J connectivity index is 1.59. The lowest BCUT2D eigenvalue weighted by molar-refractivity contribution is 0.0683. The molecule has 0 saturated carbocycles. The third kappa shape index (κ3) is 7.03. The summed E-state index contributed by atoms with van der Waals surface area (Å²) in [4.78, 5) is 10.4. The number of aliphatic imine (C=N–C) groups is 1. The molecule has 3 aromatic carbocycles. The van der Waals surface area contributed by atoms with Gasteiger partial charge in [-0.2, -0.15) is 0 Å². The lowest BCUT2D eigenvalue weighted by Crippen LogP contribution is -2.28. The molecule has 0 aliphatic rings. The molecule has 0 atom stereocenters. The van der Waals surface area contributed by atoms with Gasteiger partial charge in [-0.1, -0.05) is 32.0 Å². The van der Waals surface area contributed by atoms with E-state index in [4.69, 9.17) is 19.0 Å². The largest absolute Gasteiger partial charge is 0.497 e. The molecule has 32 heavy (non-hydrogen) atoms. The number of hydrogen-bond donors (Lipinski definition) is 1. The van der Waals surface area contributed by atoms with Crippen molar-refractivity contribution in [3.8, 4) is 23.0 Å². The normalized spacial score (nSPS) is 11.3. The average molecular weight is 435 g/mol. The van der Waals surface area contributed by atoms with Gasteiger partial charge in [-0.25, -0.2) is 4.99 Å². The van der Waals surface area contributed by atoms with Crippen molar-refractivity contribution in [3.63, 3.8) is 0 Å². The number of benzene rings is 3. The molecule has 1 N–H and O–H groups in total. The molecule has 6 nitrogen and oxygen atoms in total. The first-order valence-electron chi connectivity index (χ1n) is 10.7. The first-order chi connectivity index (χ1) is 15.6. The van der Waals surface area contributed by atoms with Gasteiger partial charge in [-0.05, 0) is 61.0 Å². The van der Waals surface area contributed by atoms with E-state index in [1.807, 2.05) is 79.7 Å². The molecule has 0 unspecified atom stereocenters. The van der Waals surface area contributed by atoms with Crippen LogP contribution in [0.2, 0.25) is 0 Å². The molecule has 0 fully saturated rings. The number of rotatable bonds is 10. The van der Waals surface area contributed by atoms with Crippen LogP contribution in [0.5, 0.6) is 23.0 Å². The topological polar surface area (TPSA) is 61.3 Å². The Hall–Kier alpha value is -3.51. The van der Waals surface area contributed by atoms with Gasteiger partial charge in [0, 0.05) is 12.0 Å². The maximum absolute atomic E-state index is 5.94. The van der Waals surface area contributed by atoms with Crippen LogP contribution in [0.3, 0.4) is 0 Å². The Kier molecular flexibility index (Phi) is 8.52. The minimum Gasteiger partial charge on any atom is -0.497 e. The smallest absolute Gasteiger partial charge is 0.131 e. The van der Waals surface area contributed by atoms with Gasteiger partial charge in [0.25, 0.3) is 0 Å². The van der Waals surface area contributed by atoms with Gasteiger partial charge in [-0.3, -0.25) is 10.3 Å². The van der Waals surface area contributed by atoms with Gasteiger partial charge in [0.05, 0.1) is 26.0 Å². The van der Waals surface area contributed by atoms with Crippen LogP contribution in [-0.2, 0) is 11.4 Å². The Labute approximate surface area is 189 Å². The molecule has 0 aliphatic heterocycles. The standard InChI is InChI=1S/C26H30N2O4/c1-5-30-22-14-12-21(13-15-22)27-26(19(2)3)28-31-18-20-8-6-10-24(16-20)32-25-11-7-9-23(17-25)29-4/h6-17,19H,5,18H2,1-4H3,(H,27,28). The predicted molar refractivity (Wildman–Crippen MR) is 127 cm³/mol. The van der Waals surface area contributed by atoms with Crippen molar-refractivity contribution in [1.29, 1.82) is 0 Å². The second kappa shape index (κ2) is 11.8. The maximum Gasteiger partial charge on any atom is 0.131 e. The second-order valence-electron chi connectivity index (χ2n) is 7.40. The first kappa shape index (κ1) is 23.2. The van der Waals surface area contributed by atoms with Crippen molar-refractivity contribution in [2.24, 2.45) is 10.9 Å². The van der Waals surface area contributed by atoms with Crippen LogP contribution in [0.1, 0.15) is 26.3 Å². The van der Waals surface area contributed by atoms with Crippen molar-refractivity contribution in [3.05, 3.63) is 78.4 Å². The number of ether oxygens (including phenoxy) is 3. The van der Waals surface area contributed by atoms with Crippen LogP contribution < -0.4 is 19.7 Å². The van der Waals surface area contributed by atoms with E-state index in [-0.39, 0.29) is 5.92 Å². The van der Waals surface area contributed by atoms with Crippen molar-refractivity contribution in [1.82, 2.24) is 5.48 Å². The van der Waals surface area contributed by atoms with Gasteiger partial charge in [-0.15, -0.1) is 0 Å². The monoisotopic (exact) mass is 434 g/mol. The lowest BCUT2D eigenvalue weighted by atomic mass is 10.2. The predicted octanol–water partition coefficient (Wildman–Crippen LogP) is 6.29. The lowest BCUT2D eigenvalue weighted by Gasteiger charge is -2.14. The van der Waals surface area contributed by atoms with E-state index in [0.717, 1.165) is 34.3 Å². The molecular formula is C26H30N2O4. The van der Waals surface area contributed by atoms with Crippen LogP contribution in [0.15, 0.2) is 77.8 Å². The third-order valence-corrected chi connectivity index (χ3v) is 4.54. The van der Waals surface area contributed by atoms with E-state index in [1.165, 1.54) is 0 Å². The van der Waals surface area contributed by atoms with Crippen LogP contribution >= 0.6 is 0 Å². The van der Waals surface area contributed by atoms with Crippen LogP contribution in [-0.4, -0.2) is 19.6 Å². The van der Waals surface area contributed by atoms with Crippen molar-refractivity contribution >= 4 is 11.5 Å². The van der Waals surface area contributed by atoms with Crippen molar-refractivity contribution < 1.29 is 19.0 Å². The van der Waals surface area contributed by atoms with E-state index in [9.17, 15) is 0 Å². The molecule has 0 aliphatic carbocycles. The molecule has 6 heteroatoms. The quantitative estimate of drug-likeness (QED) is 0.231. The van der Waals surface area contributed by atoms with E-state index in [2.05, 4.69) is 24.3 Å². The summed E-state index contributed by atoms with van der Waals surface area (Å²) in [6.45, 7) is 7.09. The molecule has 3 aromatic rings. The first-order valence-corrected chi connectivity index (χ1v) is 10.7. The van der Waals surface area contributed by atoms with E-state index in [1.54, 1.807) is 7.11 Å². The molecule has 0 radical (unpaired) electrons. The molecule has 0 heterocycles. The van der Waals surface area contributed by atoms with Crippen molar-refractivity contribution in [2.45, 2.75) is 27.4 Å². The number of nitrogens with zero attached hydrogens (tertiary/aromatic N) is 1. The number of hydroxylamine groups is 1. The van der Waals surface area contributed by atoms with Gasteiger partial charge in [0.1, 0.15) is 28.8 Å². The van der Waals surface area contributed by atoms with Gasteiger partial charge in [0.2, 0.25) is 0 Å². The highest BCUT2D eigenvalue weighted by Gasteiger charge is 2.07. The summed E-state index contributed by atoms with van der Waals surface area (Å²) in [6.07, 6.45) is 0. The summed E-state index contributed by atoms with van der Waals surface area (Å²) in [5.41, 5.74) is 4.81. The van der Waals surface area contributed by atoms with Crippen LogP contribution in [0, 0.1) is 5.92 Å². The molecule has 0 amide bonds. The Morgan fingerprint density at radius 3 is 2.25 bits per heavy atom. The minimum atomic E-state index is 0.171. The number of hydrogen-bond acceptors (Lipinski definition) is 5. The van der Waals surface area contributed by atoms with E-state index >= 15 is 0 Å². The Morgan fingerprint density at radius 1 is 0.875 bits per heavy atom. The van der Waals surface area contributed by atoms with E-state index < -0.39 is 0 Å². The molecule has 3 rings (SSSR count). The zero-order valence-electron chi connectivity index (χ0n) is 19.0. The fourth-order valence-electron chi connectivity index (χ4n) is 2.89. The van der Waals surface area contributed by atoms with E-state index in [0.29, 0.717) is 19.0 Å². The number of nitrogens with one attached hydrogen (secondary N) is 1. The third-order valence-electron chi connectivity index (χ3n) is 4.54. The zero-order chi connectivity index (χ0) is 22.8. The van der Waals surface area contributed by atoms with Crippen LogP contribution in [0.4, 0.5) is 5.69 Å². The molecule has 0 spiro atoms. The molecule has 0 aromatic heterocycles. The summed E-state index contributed by atoms with van der Waals surface area (Å²) in [5, 5.41) is 0. The highest BCUT2D eigenvalue weighted by Crippen LogP contribution is 2.26. The Morgan fingerprint density at radius 2 is 1.56 bits per heavy atom. The van der Waals surface area contributed by atoms with Gasteiger partial charge >= 0.3 is 0 Å². The summed E-state index contributed by atoms with van der Waals surface area (Å²) in [6, 6.07) is 22.9. The molecule has 0 saturated heterocycles. The molecule has 0 bridgehead atoms. The van der Waals surface area contributed by atoms with Crippen LogP contribution in [0.25, 0.3) is 0 Å². The molecule has 168 valence electrons. The number of methoxy groups -OCH3 is 1. The SMILES string of the molecule is CCOc1ccc(N=C(NOCc2cccc(Oc3cccc(OC)c3)c2)C(C)C)cc1. The summed E-state index contributed by atoms with van der Waals surface area (Å²) in [5.74, 6) is 3.94. The fourth-order valence-corrected chi connectivity index (χ4v) is 2.89. The summed E-state index contributed by atoms with van der Waals surface area (Å²) >= 11 is 0. The molecular weight excluding hydrogens is 404 g/mol. The van der Waals surface area contributed by atoms with Gasteiger partial charge in [0.15, 0.2) is 0 Å². The Bertz CT molecular complexity index is 1020. The van der Waals surface area contributed by atoms with Crippen molar-refractivity contribution in [2.75, 3.05) is 13.7 Å².